The summed E-state index contributed by atoms with van der Waals surface area (Å²) >= 11 is 1.26. The molecule has 4 N–H and O–H groups in total. The summed E-state index contributed by atoms with van der Waals surface area (Å²) < 4.78 is 27.2. The molecule has 0 radical (unpaired) electrons. The van der Waals surface area contributed by atoms with Crippen molar-refractivity contribution < 1.29 is 13.6 Å². The topological polar surface area (TPSA) is 105 Å². The maximum Gasteiger partial charge on any atom is 0.250 e. The van der Waals surface area contributed by atoms with Gasteiger partial charge in [0.1, 0.15) is 10.0 Å². The van der Waals surface area contributed by atoms with Gasteiger partial charge in [0.25, 0.3) is 0 Å². The highest BCUT2D eigenvalue weighted by atomic mass is 32.2. The normalized spacial score (nSPS) is 14.5. The second kappa shape index (κ2) is 6.88. The van der Waals surface area contributed by atoms with E-state index >= 15 is 0 Å². The number of aryl methyl sites for hydroxylation is 1. The molecule has 8 heteroatoms. The van der Waals surface area contributed by atoms with E-state index in [1.54, 1.807) is 6.07 Å². The molecule has 108 valence electrons. The van der Waals surface area contributed by atoms with Crippen molar-refractivity contribution >= 4 is 27.2 Å². The van der Waals surface area contributed by atoms with Gasteiger partial charge in [0.15, 0.2) is 0 Å². The van der Waals surface area contributed by atoms with Crippen LogP contribution in [0.5, 0.6) is 0 Å². The zero-order valence-electron chi connectivity index (χ0n) is 11.0. The summed E-state index contributed by atoms with van der Waals surface area (Å²) in [5, 5.41) is 11.4. The van der Waals surface area contributed by atoms with Crippen molar-refractivity contribution in [1.29, 1.82) is 0 Å². The summed E-state index contributed by atoms with van der Waals surface area (Å²) in [6, 6.07) is 3.03. The molecule has 1 heterocycles. The molecule has 0 aliphatic rings. The number of hydrogen-bond acceptors (Lipinski definition) is 5. The lowest BCUT2D eigenvalue weighted by Gasteiger charge is -2.15. The fourth-order valence-corrected chi connectivity index (χ4v) is 4.16. The fraction of sp³-hybridized carbons (Fsp3) is 0.545. The van der Waals surface area contributed by atoms with Crippen LogP contribution >= 0.6 is 11.3 Å². The van der Waals surface area contributed by atoms with Crippen LogP contribution < -0.4 is 10.5 Å². The summed E-state index contributed by atoms with van der Waals surface area (Å²) in [6.07, 6.45) is 1.54. The molecule has 1 aromatic heterocycles. The Morgan fingerprint density at radius 2 is 2.21 bits per heavy atom. The third-order valence-corrected chi connectivity index (χ3v) is 5.89. The first-order valence-corrected chi connectivity index (χ1v) is 8.30. The van der Waals surface area contributed by atoms with Gasteiger partial charge in [-0.1, -0.05) is 19.0 Å². The number of hydrogen-bond donors (Lipinski definition) is 3. The van der Waals surface area contributed by atoms with Crippen molar-refractivity contribution in [3.63, 3.8) is 0 Å². The third kappa shape index (κ3) is 4.48. The molecule has 6 nitrogen and oxygen atoms in total. The Morgan fingerprint density at radius 3 is 2.68 bits per heavy atom. The molecule has 0 aliphatic heterocycles. The largest absolute Gasteiger partial charge is 0.409 e. The van der Waals surface area contributed by atoms with Gasteiger partial charge in [0.2, 0.25) is 10.0 Å². The number of rotatable bonds is 7. The second-order valence-corrected chi connectivity index (χ2v) is 7.21. The van der Waals surface area contributed by atoms with Crippen molar-refractivity contribution in [2.45, 2.75) is 43.4 Å². The third-order valence-electron chi connectivity index (χ3n) is 2.65. The van der Waals surface area contributed by atoms with E-state index in [9.17, 15) is 8.42 Å². The molecule has 0 saturated heterocycles. The predicted molar refractivity (Wildman–Crippen MR) is 76.1 cm³/mol. The maximum absolute atomic E-state index is 12.2. The highest BCUT2D eigenvalue weighted by Crippen LogP contribution is 2.22. The van der Waals surface area contributed by atoms with E-state index in [1.165, 1.54) is 11.3 Å². The molecule has 0 aromatic carbocycles. The first-order chi connectivity index (χ1) is 8.92. The predicted octanol–water partition coefficient (Wildman–Crippen LogP) is 1.50. The van der Waals surface area contributed by atoms with Crippen LogP contribution in [-0.4, -0.2) is 25.5 Å². The number of nitrogens with two attached hydrogens (primary N) is 1. The first-order valence-electron chi connectivity index (χ1n) is 6.00. The Bertz CT molecular complexity index is 537. The summed E-state index contributed by atoms with van der Waals surface area (Å²) in [5.41, 5.74) is 5.40. The maximum atomic E-state index is 12.2. The lowest BCUT2D eigenvalue weighted by Crippen LogP contribution is -2.37. The average molecular weight is 305 g/mol. The van der Waals surface area contributed by atoms with Crippen LogP contribution in [0, 0.1) is 0 Å². The minimum atomic E-state index is -3.54. The number of oxime groups is 1. The molecule has 0 spiro atoms. The van der Waals surface area contributed by atoms with E-state index in [4.69, 9.17) is 10.9 Å². The summed E-state index contributed by atoms with van der Waals surface area (Å²) in [4.78, 5) is 1.02. The monoisotopic (exact) mass is 305 g/mol. The quantitative estimate of drug-likeness (QED) is 0.307. The smallest absolute Gasteiger partial charge is 0.250 e. The molecule has 0 fully saturated rings. The van der Waals surface area contributed by atoms with Crippen LogP contribution in [0.4, 0.5) is 0 Å². The fourth-order valence-electron chi connectivity index (χ4n) is 1.53. The van der Waals surface area contributed by atoms with Gasteiger partial charge >= 0.3 is 0 Å². The van der Waals surface area contributed by atoms with Crippen LogP contribution in [0.25, 0.3) is 0 Å². The lowest BCUT2D eigenvalue weighted by molar-refractivity contribution is 0.316. The number of nitrogens with zero attached hydrogens (tertiary/aromatic N) is 1. The highest BCUT2D eigenvalue weighted by Gasteiger charge is 2.21. The molecular formula is C11H19N3O3S2. The molecule has 0 amide bonds. The molecule has 0 saturated carbocycles. The number of sulfonamides is 1. The Balaban J connectivity index is 2.82. The Labute approximate surface area is 117 Å². The van der Waals surface area contributed by atoms with E-state index < -0.39 is 10.0 Å². The van der Waals surface area contributed by atoms with Gasteiger partial charge in [-0.25, -0.2) is 13.1 Å². The van der Waals surface area contributed by atoms with Gasteiger partial charge < -0.3 is 10.9 Å². The standard InChI is InChI=1S/C11H19N3O3S2/c1-3-8(7-10(12)13-15)14-19(16,17)11-6-5-9(4-2)18-11/h5-6,8,14-15H,3-4,7H2,1-2H3,(H2,12,13). The van der Waals surface area contributed by atoms with Crippen LogP contribution in [-0.2, 0) is 16.4 Å². The van der Waals surface area contributed by atoms with Crippen LogP contribution in [0.3, 0.4) is 0 Å². The van der Waals surface area contributed by atoms with E-state index in [0.717, 1.165) is 11.3 Å². The Morgan fingerprint density at radius 1 is 1.53 bits per heavy atom. The van der Waals surface area contributed by atoms with Gasteiger partial charge in [-0.2, -0.15) is 0 Å². The van der Waals surface area contributed by atoms with Crippen LogP contribution in [0.1, 0.15) is 31.6 Å². The summed E-state index contributed by atoms with van der Waals surface area (Å²) in [6.45, 7) is 3.81. The van der Waals surface area contributed by atoms with Gasteiger partial charge in [-0.15, -0.1) is 11.3 Å². The zero-order chi connectivity index (χ0) is 14.5. The van der Waals surface area contributed by atoms with E-state index in [1.807, 2.05) is 19.9 Å². The molecule has 0 bridgehead atoms. The van der Waals surface area contributed by atoms with Crippen LogP contribution in [0.2, 0.25) is 0 Å². The van der Waals surface area contributed by atoms with E-state index in [-0.39, 0.29) is 18.3 Å². The summed E-state index contributed by atoms with van der Waals surface area (Å²) in [7, 11) is -3.54. The van der Waals surface area contributed by atoms with Crippen molar-refractivity contribution in [1.82, 2.24) is 4.72 Å². The molecule has 19 heavy (non-hydrogen) atoms. The minimum absolute atomic E-state index is 0.00924. The number of amidine groups is 1. The van der Waals surface area contributed by atoms with E-state index in [0.29, 0.717) is 10.6 Å². The van der Waals surface area contributed by atoms with Gasteiger partial charge in [0, 0.05) is 17.3 Å². The second-order valence-electron chi connectivity index (χ2n) is 4.10. The van der Waals surface area contributed by atoms with Crippen molar-refractivity contribution in [2.75, 3.05) is 0 Å². The number of thiophene rings is 1. The molecule has 0 aliphatic carbocycles. The van der Waals surface area contributed by atoms with Crippen molar-refractivity contribution in [3.8, 4) is 0 Å². The van der Waals surface area contributed by atoms with E-state index in [2.05, 4.69) is 9.88 Å². The Hall–Kier alpha value is -1.12. The SMILES string of the molecule is CCc1ccc(S(=O)(=O)NC(CC)CC(N)=NO)s1. The van der Waals surface area contributed by atoms with Gasteiger partial charge in [0.05, 0.1) is 0 Å². The summed E-state index contributed by atoms with van der Waals surface area (Å²) in [5.74, 6) is 0.00924. The average Bonchev–Trinajstić information content (AvgIpc) is 2.87. The molecule has 1 aromatic rings. The lowest BCUT2D eigenvalue weighted by atomic mass is 10.1. The zero-order valence-corrected chi connectivity index (χ0v) is 12.6. The first kappa shape index (κ1) is 15.9. The Kier molecular flexibility index (Phi) is 5.77. The van der Waals surface area contributed by atoms with Crippen molar-refractivity contribution in [2.24, 2.45) is 10.9 Å². The van der Waals surface area contributed by atoms with Gasteiger partial charge in [-0.3, -0.25) is 0 Å². The van der Waals surface area contributed by atoms with Crippen molar-refractivity contribution in [3.05, 3.63) is 17.0 Å². The van der Waals surface area contributed by atoms with Gasteiger partial charge in [-0.05, 0) is 25.0 Å². The van der Waals surface area contributed by atoms with Crippen LogP contribution in [0.15, 0.2) is 21.5 Å². The molecular weight excluding hydrogens is 286 g/mol. The minimum Gasteiger partial charge on any atom is -0.409 e. The number of nitrogens with one attached hydrogen (secondary N) is 1. The molecule has 1 atom stereocenters. The molecule has 1 rings (SSSR count). The highest BCUT2D eigenvalue weighted by molar-refractivity contribution is 7.91. The molecule has 1 unspecified atom stereocenters.